The third-order valence-electron chi connectivity index (χ3n) is 3.16. The SMILES string of the molecule is COCCNC(=O)[C@H](C)OC(=O)CN(C)S(=O)(=O)c1ccc(F)cc1. The fourth-order valence-electron chi connectivity index (χ4n) is 1.76. The molecule has 0 heterocycles. The van der Waals surface area contributed by atoms with E-state index < -0.39 is 40.4 Å². The highest BCUT2D eigenvalue weighted by Crippen LogP contribution is 2.14. The van der Waals surface area contributed by atoms with Crippen LogP contribution in [0.25, 0.3) is 0 Å². The Hall–Kier alpha value is -2.04. The standard InChI is InChI=1S/C15H21FN2O6S/c1-11(15(20)17-8-9-23-3)24-14(19)10-18(2)25(21,22)13-6-4-12(16)5-7-13/h4-7,11H,8-10H2,1-3H3,(H,17,20)/t11-/m0/s1. The lowest BCUT2D eigenvalue weighted by molar-refractivity contribution is -0.154. The molecule has 0 aliphatic carbocycles. The van der Waals surface area contributed by atoms with Crippen LogP contribution in [0.4, 0.5) is 4.39 Å². The summed E-state index contributed by atoms with van der Waals surface area (Å²) in [7, 11) is -1.31. The van der Waals surface area contributed by atoms with Gasteiger partial charge in [-0.3, -0.25) is 9.59 Å². The molecule has 8 nitrogen and oxygen atoms in total. The van der Waals surface area contributed by atoms with Crippen molar-refractivity contribution in [2.45, 2.75) is 17.9 Å². The Balaban J connectivity index is 2.60. The van der Waals surface area contributed by atoms with Crippen LogP contribution in [-0.2, 0) is 29.1 Å². The summed E-state index contributed by atoms with van der Waals surface area (Å²) in [6.45, 7) is 1.35. The fourth-order valence-corrected chi connectivity index (χ4v) is 2.88. The van der Waals surface area contributed by atoms with E-state index in [1.807, 2.05) is 0 Å². The van der Waals surface area contributed by atoms with Crippen LogP contribution in [0.2, 0.25) is 0 Å². The van der Waals surface area contributed by atoms with Crippen molar-refractivity contribution in [2.24, 2.45) is 0 Å². The third-order valence-corrected chi connectivity index (χ3v) is 4.97. The summed E-state index contributed by atoms with van der Waals surface area (Å²) in [5, 5.41) is 2.49. The molecule has 0 aromatic heterocycles. The highest BCUT2D eigenvalue weighted by atomic mass is 32.2. The average Bonchev–Trinajstić information content (AvgIpc) is 2.55. The molecule has 1 amide bonds. The molecule has 0 aliphatic rings. The van der Waals surface area contributed by atoms with Crippen LogP contribution >= 0.6 is 0 Å². The number of hydrogen-bond donors (Lipinski definition) is 1. The van der Waals surface area contributed by atoms with Gasteiger partial charge in [-0.25, -0.2) is 12.8 Å². The minimum Gasteiger partial charge on any atom is -0.452 e. The highest BCUT2D eigenvalue weighted by Gasteiger charge is 2.25. The minimum atomic E-state index is -3.98. The number of sulfonamides is 1. The zero-order chi connectivity index (χ0) is 19.0. The molecule has 1 rings (SSSR count). The van der Waals surface area contributed by atoms with Gasteiger partial charge in [0.25, 0.3) is 5.91 Å². The van der Waals surface area contributed by atoms with E-state index in [-0.39, 0.29) is 11.4 Å². The Labute approximate surface area is 146 Å². The van der Waals surface area contributed by atoms with Crippen LogP contribution in [0.15, 0.2) is 29.2 Å². The van der Waals surface area contributed by atoms with Crippen molar-refractivity contribution in [3.63, 3.8) is 0 Å². The molecule has 0 fully saturated rings. The lowest BCUT2D eigenvalue weighted by Crippen LogP contribution is -2.40. The maximum absolute atomic E-state index is 12.9. The first-order valence-corrected chi connectivity index (χ1v) is 8.80. The first-order valence-electron chi connectivity index (χ1n) is 7.36. The number of carbonyl (C=O) groups is 2. The minimum absolute atomic E-state index is 0.158. The summed E-state index contributed by atoms with van der Waals surface area (Å²) in [5.74, 6) is -1.98. The lowest BCUT2D eigenvalue weighted by Gasteiger charge is -2.18. The number of nitrogens with zero attached hydrogens (tertiary/aromatic N) is 1. The van der Waals surface area contributed by atoms with Gasteiger partial charge in [0.1, 0.15) is 12.4 Å². The van der Waals surface area contributed by atoms with Crippen molar-refractivity contribution in [1.29, 1.82) is 0 Å². The van der Waals surface area contributed by atoms with Crippen molar-refractivity contribution in [1.82, 2.24) is 9.62 Å². The van der Waals surface area contributed by atoms with Crippen LogP contribution in [0.3, 0.4) is 0 Å². The molecule has 140 valence electrons. The summed E-state index contributed by atoms with van der Waals surface area (Å²) in [5.41, 5.74) is 0. The fraction of sp³-hybridized carbons (Fsp3) is 0.467. The number of hydrogen-bond acceptors (Lipinski definition) is 6. The zero-order valence-corrected chi connectivity index (χ0v) is 15.0. The Bertz CT molecular complexity index is 692. The molecule has 0 saturated carbocycles. The largest absolute Gasteiger partial charge is 0.452 e. The Kier molecular flexibility index (Phi) is 7.94. The number of halogens is 1. The smallest absolute Gasteiger partial charge is 0.322 e. The monoisotopic (exact) mass is 376 g/mol. The Morgan fingerprint density at radius 3 is 2.44 bits per heavy atom. The van der Waals surface area contributed by atoms with Gasteiger partial charge in [-0.05, 0) is 31.2 Å². The molecular formula is C15H21FN2O6S. The van der Waals surface area contributed by atoms with Gasteiger partial charge in [0.15, 0.2) is 6.10 Å². The van der Waals surface area contributed by atoms with E-state index in [1.165, 1.54) is 21.1 Å². The van der Waals surface area contributed by atoms with E-state index in [0.29, 0.717) is 6.61 Å². The molecule has 10 heteroatoms. The molecule has 1 atom stereocenters. The number of benzene rings is 1. The predicted molar refractivity (Wildman–Crippen MR) is 86.7 cm³/mol. The van der Waals surface area contributed by atoms with Gasteiger partial charge >= 0.3 is 5.97 Å². The van der Waals surface area contributed by atoms with Crippen molar-refractivity contribution >= 4 is 21.9 Å². The first kappa shape index (κ1) is 21.0. The molecule has 0 saturated heterocycles. The Morgan fingerprint density at radius 2 is 1.88 bits per heavy atom. The van der Waals surface area contributed by atoms with E-state index >= 15 is 0 Å². The number of amides is 1. The van der Waals surface area contributed by atoms with Gasteiger partial charge in [-0.2, -0.15) is 4.31 Å². The van der Waals surface area contributed by atoms with Gasteiger partial charge in [-0.15, -0.1) is 0 Å². The first-order chi connectivity index (χ1) is 11.7. The molecule has 25 heavy (non-hydrogen) atoms. The van der Waals surface area contributed by atoms with Gasteiger partial charge in [0, 0.05) is 20.7 Å². The van der Waals surface area contributed by atoms with Crippen LogP contribution in [0, 0.1) is 5.82 Å². The summed E-state index contributed by atoms with van der Waals surface area (Å²) >= 11 is 0. The number of esters is 1. The predicted octanol–water partition coefficient (Wildman–Crippen LogP) is 0.141. The van der Waals surface area contributed by atoms with Gasteiger partial charge in [-0.1, -0.05) is 0 Å². The van der Waals surface area contributed by atoms with Crippen molar-refractivity contribution in [3.8, 4) is 0 Å². The number of methoxy groups -OCH3 is 1. The van der Waals surface area contributed by atoms with E-state index in [9.17, 15) is 22.4 Å². The number of ether oxygens (including phenoxy) is 2. The van der Waals surface area contributed by atoms with Crippen molar-refractivity contribution < 1.29 is 31.9 Å². The summed E-state index contributed by atoms with van der Waals surface area (Å²) in [4.78, 5) is 23.4. The summed E-state index contributed by atoms with van der Waals surface area (Å²) in [6, 6.07) is 4.20. The maximum atomic E-state index is 12.9. The molecule has 0 unspecified atom stereocenters. The van der Waals surface area contributed by atoms with Crippen LogP contribution in [0.5, 0.6) is 0 Å². The molecule has 0 spiro atoms. The van der Waals surface area contributed by atoms with Crippen LogP contribution in [0.1, 0.15) is 6.92 Å². The maximum Gasteiger partial charge on any atom is 0.322 e. The quantitative estimate of drug-likeness (QED) is 0.486. The zero-order valence-electron chi connectivity index (χ0n) is 14.2. The van der Waals surface area contributed by atoms with E-state index in [4.69, 9.17) is 9.47 Å². The molecule has 1 aromatic rings. The molecule has 0 aliphatic heterocycles. The second kappa shape index (κ2) is 9.44. The summed E-state index contributed by atoms with van der Waals surface area (Å²) < 4.78 is 47.9. The topological polar surface area (TPSA) is 102 Å². The second-order valence-electron chi connectivity index (χ2n) is 5.13. The molecule has 0 radical (unpaired) electrons. The number of carbonyl (C=O) groups excluding carboxylic acids is 2. The number of rotatable bonds is 9. The van der Waals surface area contributed by atoms with Gasteiger partial charge in [0.2, 0.25) is 10.0 Å². The summed E-state index contributed by atoms with van der Waals surface area (Å²) in [6.07, 6.45) is -1.08. The van der Waals surface area contributed by atoms with E-state index in [2.05, 4.69) is 5.32 Å². The van der Waals surface area contributed by atoms with Gasteiger partial charge in [0.05, 0.1) is 11.5 Å². The van der Waals surface area contributed by atoms with E-state index in [0.717, 1.165) is 28.6 Å². The van der Waals surface area contributed by atoms with Crippen LogP contribution in [-0.4, -0.2) is 64.6 Å². The molecule has 1 N–H and O–H groups in total. The third kappa shape index (κ3) is 6.40. The van der Waals surface area contributed by atoms with Crippen LogP contribution < -0.4 is 5.32 Å². The normalized spacial score (nSPS) is 12.7. The molecule has 0 bridgehead atoms. The molecule has 1 aromatic carbocycles. The number of nitrogens with one attached hydrogen (secondary N) is 1. The molecular weight excluding hydrogens is 355 g/mol. The number of likely N-dealkylation sites (N-methyl/N-ethyl adjacent to an activating group) is 1. The van der Waals surface area contributed by atoms with Crippen molar-refractivity contribution in [3.05, 3.63) is 30.1 Å². The van der Waals surface area contributed by atoms with Crippen molar-refractivity contribution in [2.75, 3.05) is 33.9 Å². The lowest BCUT2D eigenvalue weighted by atomic mass is 10.3. The highest BCUT2D eigenvalue weighted by molar-refractivity contribution is 7.89. The second-order valence-corrected chi connectivity index (χ2v) is 7.18. The Morgan fingerprint density at radius 1 is 1.28 bits per heavy atom. The average molecular weight is 376 g/mol. The van der Waals surface area contributed by atoms with E-state index in [1.54, 1.807) is 0 Å². The van der Waals surface area contributed by atoms with Gasteiger partial charge < -0.3 is 14.8 Å².